The molecule has 0 heterocycles. The van der Waals surface area contributed by atoms with Crippen molar-refractivity contribution in [3.8, 4) is 0 Å². The molecule has 0 spiro atoms. The molecule has 0 saturated carbocycles. The molecule has 4 rings (SSSR count). The summed E-state index contributed by atoms with van der Waals surface area (Å²) in [5.41, 5.74) is 1.37. The first-order chi connectivity index (χ1) is 11.3. The fraction of sp³-hybridized carbons (Fsp3) is 0.0455. The minimum absolute atomic E-state index is 0. The Bertz CT molecular complexity index is 755. The van der Waals surface area contributed by atoms with Crippen molar-refractivity contribution in [1.82, 2.24) is 0 Å². The van der Waals surface area contributed by atoms with Gasteiger partial charge in [-0.1, -0.05) is 6.07 Å². The van der Waals surface area contributed by atoms with Crippen molar-refractivity contribution < 1.29 is 49.0 Å². The van der Waals surface area contributed by atoms with E-state index in [2.05, 4.69) is 73.7 Å². The summed E-state index contributed by atoms with van der Waals surface area (Å²) in [6.07, 6.45) is 0. The van der Waals surface area contributed by atoms with Gasteiger partial charge in [0.15, 0.2) is 0 Å². The normalized spacial score (nSPS) is 8.60. The Morgan fingerprint density at radius 3 is 1.80 bits per heavy atom. The van der Waals surface area contributed by atoms with Crippen LogP contribution in [-0.4, -0.2) is 3.21 Å². The van der Waals surface area contributed by atoms with Crippen LogP contribution < -0.4 is 24.8 Å². The van der Waals surface area contributed by atoms with Crippen molar-refractivity contribution in [2.75, 3.05) is 0 Å². The molecule has 0 fully saturated rings. The summed E-state index contributed by atoms with van der Waals surface area (Å²) in [5.74, 6) is 0. The zero-order valence-corrected chi connectivity index (χ0v) is 18.0. The van der Waals surface area contributed by atoms with Gasteiger partial charge >= 0.3 is 70.3 Å². The third-order valence-corrected chi connectivity index (χ3v) is 4.02. The van der Waals surface area contributed by atoms with Gasteiger partial charge in [0.2, 0.25) is 0 Å². The van der Waals surface area contributed by atoms with Crippen LogP contribution in [0, 0.1) is 0 Å². The minimum atomic E-state index is 0. The van der Waals surface area contributed by atoms with E-state index in [4.69, 9.17) is 0 Å². The van der Waals surface area contributed by atoms with Gasteiger partial charge in [-0.15, -0.1) is 29.7 Å². The predicted octanol–water partition coefficient (Wildman–Crippen LogP) is -0.254. The van der Waals surface area contributed by atoms with Crippen molar-refractivity contribution in [2.45, 2.75) is 6.92 Å². The third kappa shape index (κ3) is 9.12. The fourth-order valence-corrected chi connectivity index (χ4v) is 2.49. The number of fused-ring (bicyclic) bond motifs is 1. The number of hydrogen-bond acceptors (Lipinski definition) is 0. The first-order valence-corrected chi connectivity index (χ1v) is 8.88. The van der Waals surface area contributed by atoms with E-state index in [9.17, 15) is 0 Å². The van der Waals surface area contributed by atoms with Gasteiger partial charge in [-0.05, 0) is 0 Å². The Hall–Kier alpha value is -1.27. The summed E-state index contributed by atoms with van der Waals surface area (Å²) in [6, 6.07) is 35.1. The molecule has 0 atom stereocenters. The molecule has 0 bridgehead atoms. The molecule has 0 aliphatic carbocycles. The number of benzene rings is 2. The Morgan fingerprint density at radius 2 is 1.32 bits per heavy atom. The van der Waals surface area contributed by atoms with Gasteiger partial charge in [-0.3, -0.25) is 0 Å². The van der Waals surface area contributed by atoms with Crippen LogP contribution in [0.1, 0.15) is 12.5 Å². The standard InChI is InChI=1S/C9H7.C8H8.C5H5.2ClH.Zr/c1-2-5-9-7-3-6-8(9)4-1;1-2-8-6-4-3-5-7-8;1-2-4-5-3-1;;;/h1-7H;3-7H,1H3;1-5H;2*1H;/q-1;;-1;;;+2/p-2. The molecule has 0 aromatic heterocycles. The number of rotatable bonds is 1. The zero-order valence-electron chi connectivity index (χ0n) is 14.1. The quantitative estimate of drug-likeness (QED) is 0.354. The molecule has 0 aliphatic rings. The first kappa shape index (κ1) is 23.7. The molecule has 0 nitrogen and oxygen atoms in total. The topological polar surface area (TPSA) is 0 Å². The predicted molar refractivity (Wildman–Crippen MR) is 97.8 cm³/mol. The monoisotopic (exact) mass is 444 g/mol. The summed E-state index contributed by atoms with van der Waals surface area (Å²) >= 11 is 1.51. The Morgan fingerprint density at radius 1 is 0.720 bits per heavy atom. The molecule has 0 saturated heterocycles. The van der Waals surface area contributed by atoms with Gasteiger partial charge in [-0.25, -0.2) is 12.1 Å². The number of hydrogen-bond donors (Lipinski definition) is 0. The maximum Gasteiger partial charge on any atom is -0.0809 e. The SMILES string of the molecule is C[C](=[Zr+2])c1ccccc1.[Cl-].[Cl-].c1cc[cH-]c1.c1ccc2[cH-]ccc2c1. The minimum Gasteiger partial charge on any atom is -1.00 e. The van der Waals surface area contributed by atoms with Crippen LogP contribution in [0.4, 0.5) is 0 Å². The second-order valence-electron chi connectivity index (χ2n) is 5.11. The van der Waals surface area contributed by atoms with Gasteiger partial charge in [0.25, 0.3) is 0 Å². The van der Waals surface area contributed by atoms with Crippen molar-refractivity contribution in [3.05, 3.63) is 109 Å². The number of halogens is 2. The molecule has 25 heavy (non-hydrogen) atoms. The summed E-state index contributed by atoms with van der Waals surface area (Å²) in [5, 5.41) is 2.66. The summed E-state index contributed by atoms with van der Waals surface area (Å²) in [4.78, 5) is 0. The van der Waals surface area contributed by atoms with E-state index in [1.54, 1.807) is 0 Å². The molecule has 3 heteroatoms. The van der Waals surface area contributed by atoms with Crippen LogP contribution in [0.5, 0.6) is 0 Å². The van der Waals surface area contributed by atoms with E-state index >= 15 is 0 Å². The molecule has 0 N–H and O–H groups in total. The van der Waals surface area contributed by atoms with E-state index in [-0.39, 0.29) is 24.8 Å². The van der Waals surface area contributed by atoms with Gasteiger partial charge in [0, 0.05) is 0 Å². The second-order valence-corrected chi connectivity index (χ2v) is 6.95. The molecule has 0 unspecified atom stereocenters. The Balaban J connectivity index is 0.000000345. The van der Waals surface area contributed by atoms with Crippen LogP contribution in [0.3, 0.4) is 0 Å². The van der Waals surface area contributed by atoms with Crippen LogP contribution in [0.2, 0.25) is 0 Å². The molecular weight excluding hydrogens is 426 g/mol. The van der Waals surface area contributed by atoms with E-state index in [1.165, 1.54) is 43.8 Å². The zero-order chi connectivity index (χ0) is 16.3. The average Bonchev–Trinajstić information content (AvgIpc) is 3.30. The smallest absolute Gasteiger partial charge is 0.0809 e. The van der Waals surface area contributed by atoms with E-state index in [0.717, 1.165) is 0 Å². The van der Waals surface area contributed by atoms with E-state index in [0.29, 0.717) is 0 Å². The van der Waals surface area contributed by atoms with Gasteiger partial charge < -0.3 is 24.8 Å². The van der Waals surface area contributed by atoms with Gasteiger partial charge in [-0.2, -0.15) is 35.7 Å². The maximum atomic E-state index is 2.16. The van der Waals surface area contributed by atoms with Crippen molar-refractivity contribution >= 4 is 14.0 Å². The van der Waals surface area contributed by atoms with Crippen molar-refractivity contribution in [2.24, 2.45) is 0 Å². The van der Waals surface area contributed by atoms with E-state index < -0.39 is 0 Å². The largest absolute Gasteiger partial charge is 1.00 e. The molecular formula is C22H20Cl2Zr-2. The van der Waals surface area contributed by atoms with Gasteiger partial charge in [0.1, 0.15) is 0 Å². The molecule has 4 aromatic rings. The van der Waals surface area contributed by atoms with Crippen LogP contribution in [0.15, 0.2) is 103 Å². The fourth-order valence-electron chi connectivity index (χ4n) is 2.08. The molecule has 128 valence electrons. The maximum absolute atomic E-state index is 2.16. The van der Waals surface area contributed by atoms with E-state index in [1.807, 2.05) is 36.4 Å². The summed E-state index contributed by atoms with van der Waals surface area (Å²) < 4.78 is 1.46. The molecule has 0 amide bonds. The molecule has 0 aliphatic heterocycles. The Labute approximate surface area is 177 Å². The average molecular weight is 447 g/mol. The Kier molecular flexibility index (Phi) is 13.3. The van der Waals surface area contributed by atoms with Crippen LogP contribution >= 0.6 is 0 Å². The third-order valence-electron chi connectivity index (χ3n) is 3.31. The van der Waals surface area contributed by atoms with Crippen molar-refractivity contribution in [1.29, 1.82) is 0 Å². The summed E-state index contributed by atoms with van der Waals surface area (Å²) in [6.45, 7) is 2.16. The second kappa shape index (κ2) is 14.0. The molecule has 4 aromatic carbocycles. The van der Waals surface area contributed by atoms with Crippen LogP contribution in [-0.2, 0) is 24.2 Å². The van der Waals surface area contributed by atoms with Crippen molar-refractivity contribution in [3.63, 3.8) is 0 Å². The summed E-state index contributed by atoms with van der Waals surface area (Å²) in [7, 11) is 0. The van der Waals surface area contributed by atoms with Gasteiger partial charge in [0.05, 0.1) is 0 Å². The van der Waals surface area contributed by atoms with Crippen LogP contribution in [0.25, 0.3) is 10.8 Å². The first-order valence-electron chi connectivity index (χ1n) is 7.65. The molecule has 0 radical (unpaired) electrons.